The maximum absolute atomic E-state index is 5.36. The predicted molar refractivity (Wildman–Crippen MR) is 61.6 cm³/mol. The van der Waals surface area contributed by atoms with Gasteiger partial charge in [0.15, 0.2) is 0 Å². The highest BCUT2D eigenvalue weighted by atomic mass is 16.4. The first-order valence-corrected chi connectivity index (χ1v) is 5.45. The van der Waals surface area contributed by atoms with Crippen LogP contribution < -0.4 is 10.6 Å². The summed E-state index contributed by atoms with van der Waals surface area (Å²) >= 11 is 0. The summed E-state index contributed by atoms with van der Waals surface area (Å²) in [5.41, 5.74) is 0. The molecule has 0 fully saturated rings. The van der Waals surface area contributed by atoms with Gasteiger partial charge in [-0.05, 0) is 19.0 Å². The van der Waals surface area contributed by atoms with E-state index in [-0.39, 0.29) is 0 Å². The third-order valence-corrected chi connectivity index (χ3v) is 1.95. The maximum Gasteiger partial charge on any atom is 0.322 e. The Kier molecular flexibility index (Phi) is 3.98. The van der Waals surface area contributed by atoms with Crippen LogP contribution in [0, 0.1) is 0 Å². The summed E-state index contributed by atoms with van der Waals surface area (Å²) in [6.07, 6.45) is 4.34. The van der Waals surface area contributed by atoms with Crippen LogP contribution in [0.1, 0.15) is 19.2 Å². The highest BCUT2D eigenvalue weighted by Gasteiger charge is 2.06. The van der Waals surface area contributed by atoms with Gasteiger partial charge in [-0.15, -0.1) is 5.10 Å². The van der Waals surface area contributed by atoms with Crippen molar-refractivity contribution in [1.29, 1.82) is 0 Å². The maximum atomic E-state index is 5.36. The van der Waals surface area contributed by atoms with Crippen LogP contribution in [-0.4, -0.2) is 26.7 Å². The van der Waals surface area contributed by atoms with Crippen LogP contribution in [0.3, 0.4) is 0 Å². The normalized spacial score (nSPS) is 10.4. The Morgan fingerprint density at radius 3 is 2.82 bits per heavy atom. The summed E-state index contributed by atoms with van der Waals surface area (Å²) in [5.74, 6) is 0.973. The van der Waals surface area contributed by atoms with E-state index in [1.807, 2.05) is 0 Å². The van der Waals surface area contributed by atoms with E-state index in [9.17, 15) is 0 Å². The minimum absolute atomic E-state index is 0.296. The average Bonchev–Trinajstić information content (AvgIpc) is 2.79. The van der Waals surface area contributed by atoms with E-state index >= 15 is 0 Å². The van der Waals surface area contributed by atoms with Gasteiger partial charge in [0.1, 0.15) is 0 Å². The molecule has 0 saturated carbocycles. The smallest absolute Gasteiger partial charge is 0.322 e. The lowest BCUT2D eigenvalue weighted by Gasteiger charge is -1.98. The largest absolute Gasteiger partial charge is 0.406 e. The first-order chi connectivity index (χ1) is 8.38. The van der Waals surface area contributed by atoms with Crippen LogP contribution in [-0.2, 0) is 6.54 Å². The van der Waals surface area contributed by atoms with Crippen LogP contribution in [0.4, 0.5) is 12.0 Å². The number of rotatable bonds is 6. The predicted octanol–water partition coefficient (Wildman–Crippen LogP) is 1.10. The molecule has 0 bridgehead atoms. The molecule has 2 N–H and O–H groups in total. The number of aromatic nitrogens is 4. The van der Waals surface area contributed by atoms with E-state index in [1.54, 1.807) is 18.5 Å². The van der Waals surface area contributed by atoms with E-state index in [0.717, 1.165) is 13.0 Å². The molecule has 0 aliphatic carbocycles. The highest BCUT2D eigenvalue weighted by Crippen LogP contribution is 2.09. The van der Waals surface area contributed by atoms with Gasteiger partial charge in [-0.25, -0.2) is 9.97 Å². The SMILES string of the molecule is CCCNCc1nnc(Nc2ncccn2)o1. The number of anilines is 2. The van der Waals surface area contributed by atoms with Crippen molar-refractivity contribution in [3.63, 3.8) is 0 Å². The van der Waals surface area contributed by atoms with Crippen molar-refractivity contribution in [3.05, 3.63) is 24.4 Å². The molecule has 0 atom stereocenters. The monoisotopic (exact) mass is 234 g/mol. The molecule has 2 heterocycles. The van der Waals surface area contributed by atoms with Crippen molar-refractivity contribution in [3.8, 4) is 0 Å². The van der Waals surface area contributed by atoms with Crippen LogP contribution >= 0.6 is 0 Å². The summed E-state index contributed by atoms with van der Waals surface area (Å²) in [6, 6.07) is 2.03. The first-order valence-electron chi connectivity index (χ1n) is 5.45. The summed E-state index contributed by atoms with van der Waals surface area (Å²) in [6.45, 7) is 3.59. The molecule has 0 amide bonds. The fourth-order valence-electron chi connectivity index (χ4n) is 1.21. The molecule has 0 radical (unpaired) electrons. The van der Waals surface area contributed by atoms with E-state index < -0.39 is 0 Å². The van der Waals surface area contributed by atoms with Crippen LogP contribution in [0.5, 0.6) is 0 Å². The molecule has 7 nitrogen and oxygen atoms in total. The second-order valence-corrected chi connectivity index (χ2v) is 3.38. The Labute approximate surface area is 98.7 Å². The fraction of sp³-hybridized carbons (Fsp3) is 0.400. The van der Waals surface area contributed by atoms with Crippen molar-refractivity contribution in [2.75, 3.05) is 11.9 Å². The Hall–Kier alpha value is -2.02. The lowest BCUT2D eigenvalue weighted by Crippen LogP contribution is -2.13. The van der Waals surface area contributed by atoms with Crippen molar-refractivity contribution in [2.45, 2.75) is 19.9 Å². The van der Waals surface area contributed by atoms with Crippen molar-refractivity contribution in [2.24, 2.45) is 0 Å². The molecule has 0 unspecified atom stereocenters. The first kappa shape index (κ1) is 11.5. The van der Waals surface area contributed by atoms with Gasteiger partial charge in [0.25, 0.3) is 0 Å². The lowest BCUT2D eigenvalue weighted by molar-refractivity contribution is 0.479. The van der Waals surface area contributed by atoms with E-state index in [2.05, 4.69) is 37.7 Å². The summed E-state index contributed by atoms with van der Waals surface area (Å²) < 4.78 is 5.36. The lowest BCUT2D eigenvalue weighted by atomic mass is 10.5. The van der Waals surface area contributed by atoms with E-state index in [0.29, 0.717) is 24.4 Å². The van der Waals surface area contributed by atoms with Crippen molar-refractivity contribution < 1.29 is 4.42 Å². The average molecular weight is 234 g/mol. The molecular weight excluding hydrogens is 220 g/mol. The molecule has 0 spiro atoms. The molecule has 2 aromatic rings. The van der Waals surface area contributed by atoms with Gasteiger partial charge in [-0.3, -0.25) is 5.32 Å². The van der Waals surface area contributed by atoms with Gasteiger partial charge in [-0.2, -0.15) is 0 Å². The topological polar surface area (TPSA) is 88.8 Å². The van der Waals surface area contributed by atoms with Gasteiger partial charge in [0.05, 0.1) is 6.54 Å². The molecule has 0 aromatic carbocycles. The van der Waals surface area contributed by atoms with Gasteiger partial charge < -0.3 is 9.73 Å². The van der Waals surface area contributed by atoms with Crippen molar-refractivity contribution >= 4 is 12.0 Å². The summed E-state index contributed by atoms with van der Waals surface area (Å²) in [5, 5.41) is 13.7. The summed E-state index contributed by atoms with van der Waals surface area (Å²) in [7, 11) is 0. The Bertz CT molecular complexity index is 443. The minimum atomic E-state index is 0.296. The number of hydrogen-bond donors (Lipinski definition) is 2. The zero-order chi connectivity index (χ0) is 11.9. The zero-order valence-corrected chi connectivity index (χ0v) is 9.55. The molecule has 2 aromatic heterocycles. The van der Waals surface area contributed by atoms with Crippen molar-refractivity contribution in [1.82, 2.24) is 25.5 Å². The number of hydrogen-bond acceptors (Lipinski definition) is 7. The quantitative estimate of drug-likeness (QED) is 0.723. The Balaban J connectivity index is 1.90. The molecule has 17 heavy (non-hydrogen) atoms. The van der Waals surface area contributed by atoms with Crippen LogP contribution in [0.2, 0.25) is 0 Å². The second kappa shape index (κ2) is 5.90. The number of nitrogens with one attached hydrogen (secondary N) is 2. The van der Waals surface area contributed by atoms with E-state index in [4.69, 9.17) is 4.42 Å². The third-order valence-electron chi connectivity index (χ3n) is 1.95. The molecule has 0 saturated heterocycles. The highest BCUT2D eigenvalue weighted by molar-refractivity contribution is 5.38. The van der Waals surface area contributed by atoms with Crippen LogP contribution in [0.15, 0.2) is 22.9 Å². The van der Waals surface area contributed by atoms with Gasteiger partial charge in [0, 0.05) is 12.4 Å². The summed E-state index contributed by atoms with van der Waals surface area (Å²) in [4.78, 5) is 7.99. The number of nitrogens with zero attached hydrogens (tertiary/aromatic N) is 4. The molecule has 0 aliphatic heterocycles. The molecular formula is C10H14N6O. The second-order valence-electron chi connectivity index (χ2n) is 3.38. The Morgan fingerprint density at radius 2 is 2.06 bits per heavy atom. The minimum Gasteiger partial charge on any atom is -0.406 e. The standard InChI is InChI=1S/C10H14N6O/c1-2-4-11-7-8-15-16-10(17-8)14-9-12-5-3-6-13-9/h3,5-6,11H,2,4,7H2,1H3,(H,12,13,14,16). The Morgan fingerprint density at radius 1 is 1.24 bits per heavy atom. The third kappa shape index (κ3) is 3.49. The van der Waals surface area contributed by atoms with Crippen LogP contribution in [0.25, 0.3) is 0 Å². The zero-order valence-electron chi connectivity index (χ0n) is 9.55. The molecule has 90 valence electrons. The van der Waals surface area contributed by atoms with Gasteiger partial charge in [-0.1, -0.05) is 12.0 Å². The van der Waals surface area contributed by atoms with Gasteiger partial charge in [0.2, 0.25) is 11.8 Å². The van der Waals surface area contributed by atoms with E-state index in [1.165, 1.54) is 0 Å². The van der Waals surface area contributed by atoms with Gasteiger partial charge >= 0.3 is 6.01 Å². The fourth-order valence-corrected chi connectivity index (χ4v) is 1.21. The molecule has 2 rings (SSSR count). The molecule has 0 aliphatic rings. The molecule has 7 heteroatoms.